The number of rotatable bonds is 10. The number of carbonyl (C=O) groups excluding carboxylic acids is 3. The van der Waals surface area contributed by atoms with Gasteiger partial charge in [-0.3, -0.25) is 14.4 Å². The van der Waals surface area contributed by atoms with E-state index in [-0.39, 0.29) is 31.0 Å². The molecule has 0 radical (unpaired) electrons. The second-order valence-electron chi connectivity index (χ2n) is 11.0. The molecule has 2 aromatic carbocycles. The number of aliphatic hydroxyl groups is 1. The van der Waals surface area contributed by atoms with Gasteiger partial charge in [0.05, 0.1) is 35.8 Å². The van der Waals surface area contributed by atoms with Crippen LogP contribution in [0.1, 0.15) is 52.1 Å². The summed E-state index contributed by atoms with van der Waals surface area (Å²) in [7, 11) is 0. The van der Waals surface area contributed by atoms with Gasteiger partial charge in [-0.2, -0.15) is 0 Å². The van der Waals surface area contributed by atoms with E-state index in [1.807, 2.05) is 61.5 Å². The van der Waals surface area contributed by atoms with Gasteiger partial charge in [0.15, 0.2) is 0 Å². The van der Waals surface area contributed by atoms with Gasteiger partial charge in [-0.1, -0.05) is 30.3 Å². The predicted molar refractivity (Wildman–Crippen MR) is 157 cm³/mol. The number of benzene rings is 2. The lowest BCUT2D eigenvalue weighted by molar-refractivity contribution is -0.155. The Labute approximate surface area is 240 Å². The maximum Gasteiger partial charge on any atom is 0.311 e. The van der Waals surface area contributed by atoms with E-state index in [9.17, 15) is 19.5 Å². The molecule has 2 N–H and O–H groups in total. The number of nitrogens with zero attached hydrogens (tertiary/aromatic N) is 2. The highest BCUT2D eigenvalue weighted by Crippen LogP contribution is 2.72. The van der Waals surface area contributed by atoms with E-state index in [4.69, 9.17) is 4.74 Å². The van der Waals surface area contributed by atoms with Crippen LogP contribution < -0.4 is 10.2 Å². The molecule has 3 saturated heterocycles. The average Bonchev–Trinajstić information content (AvgIpc) is 3.52. The van der Waals surface area contributed by atoms with Gasteiger partial charge in [-0.05, 0) is 70.4 Å². The lowest BCUT2D eigenvalue weighted by Gasteiger charge is -2.37. The van der Waals surface area contributed by atoms with Crippen LogP contribution in [0, 0.1) is 11.8 Å². The fraction of sp³-hybridized carbons (Fsp3) is 0.516. The summed E-state index contributed by atoms with van der Waals surface area (Å²) in [4.78, 5) is 45.7. The Kier molecular flexibility index (Phi) is 7.90. The lowest BCUT2D eigenvalue weighted by atomic mass is 9.66. The van der Waals surface area contributed by atoms with Gasteiger partial charge < -0.3 is 25.0 Å². The zero-order valence-corrected chi connectivity index (χ0v) is 24.4. The summed E-state index contributed by atoms with van der Waals surface area (Å²) in [6.07, 6.45) is 1.33. The van der Waals surface area contributed by atoms with Crippen LogP contribution in [0.4, 0.5) is 11.4 Å². The highest BCUT2D eigenvalue weighted by molar-refractivity contribution is 8.02. The second-order valence-corrected chi connectivity index (χ2v) is 12.9. The molecule has 3 aliphatic rings. The first kappa shape index (κ1) is 28.5. The van der Waals surface area contributed by atoms with Gasteiger partial charge in [0, 0.05) is 29.2 Å². The molecule has 0 aromatic heterocycles. The maximum absolute atomic E-state index is 14.4. The minimum absolute atomic E-state index is 0.227. The Balaban J connectivity index is 1.54. The molecular formula is C31H39N3O5S. The van der Waals surface area contributed by atoms with Gasteiger partial charge in [-0.25, -0.2) is 0 Å². The van der Waals surface area contributed by atoms with Gasteiger partial charge in [0.1, 0.15) is 6.04 Å². The second kappa shape index (κ2) is 11.1. The molecule has 2 unspecified atom stereocenters. The standard InChI is InChI=1S/C31H39N3O5S/c1-5-33(6-2)22-15-13-21(14-16-22)32-27(36)26-31-18-17-30(4,40-31)25(29(38)39-7-3)24(31)28(37)34(26)23(19-35)20-11-9-8-10-12-20/h8-16,23-26,35H,5-7,17-19H2,1-4H3,(H,32,36)/t23-,24+,25-,26?,30+,31?/m1/s1. The van der Waals surface area contributed by atoms with E-state index in [1.165, 1.54) is 0 Å². The number of amides is 2. The third-order valence-electron chi connectivity index (χ3n) is 8.96. The molecule has 8 nitrogen and oxygen atoms in total. The molecule has 2 bridgehead atoms. The number of nitrogens with one attached hydrogen (secondary N) is 1. The first-order chi connectivity index (χ1) is 19.2. The number of hydrogen-bond acceptors (Lipinski definition) is 7. The molecule has 3 fully saturated rings. The van der Waals surface area contributed by atoms with Gasteiger partial charge in [0.25, 0.3) is 0 Å². The van der Waals surface area contributed by atoms with Crippen molar-refractivity contribution in [3.8, 4) is 0 Å². The number of anilines is 2. The van der Waals surface area contributed by atoms with Crippen molar-refractivity contribution >= 4 is 40.9 Å². The quantitative estimate of drug-likeness (QED) is 0.416. The third-order valence-corrected chi connectivity index (χ3v) is 10.9. The van der Waals surface area contributed by atoms with Crippen molar-refractivity contribution < 1.29 is 24.2 Å². The molecule has 0 aliphatic carbocycles. The van der Waals surface area contributed by atoms with Crippen LogP contribution >= 0.6 is 11.8 Å². The largest absolute Gasteiger partial charge is 0.466 e. The SMILES string of the molecule is CCOC(=O)[C@H]1[C@H]2C(=O)N([C@H](CO)c3ccccc3)C(C(=O)Nc3ccc(N(CC)CC)cc3)C23CC[C@]1(C)S3. The van der Waals surface area contributed by atoms with Crippen molar-refractivity contribution in [2.75, 3.05) is 36.5 Å². The number of esters is 1. The number of ether oxygens (including phenoxy) is 1. The number of thioether (sulfide) groups is 1. The summed E-state index contributed by atoms with van der Waals surface area (Å²) in [5.74, 6) is -2.31. The molecular weight excluding hydrogens is 526 g/mol. The van der Waals surface area contributed by atoms with Gasteiger partial charge in [0.2, 0.25) is 11.8 Å². The summed E-state index contributed by atoms with van der Waals surface area (Å²) >= 11 is 1.59. The van der Waals surface area contributed by atoms with E-state index in [2.05, 4.69) is 24.1 Å². The zero-order chi connectivity index (χ0) is 28.7. The van der Waals surface area contributed by atoms with E-state index >= 15 is 0 Å². The van der Waals surface area contributed by atoms with E-state index in [0.717, 1.165) is 24.3 Å². The van der Waals surface area contributed by atoms with Gasteiger partial charge in [-0.15, -0.1) is 11.8 Å². The predicted octanol–water partition coefficient (Wildman–Crippen LogP) is 4.25. The molecule has 5 rings (SSSR count). The van der Waals surface area contributed by atoms with Gasteiger partial charge >= 0.3 is 5.97 Å². The minimum Gasteiger partial charge on any atom is -0.466 e. The Morgan fingerprint density at radius 3 is 2.38 bits per heavy atom. The molecule has 3 aliphatic heterocycles. The molecule has 2 amide bonds. The summed E-state index contributed by atoms with van der Waals surface area (Å²) in [5.41, 5.74) is 2.45. The molecule has 9 heteroatoms. The van der Waals surface area contributed by atoms with E-state index < -0.39 is 33.4 Å². The number of carbonyl (C=O) groups is 3. The van der Waals surface area contributed by atoms with Crippen molar-refractivity contribution in [3.05, 3.63) is 60.2 Å². The summed E-state index contributed by atoms with van der Waals surface area (Å²) in [6, 6.07) is 15.4. The summed E-state index contributed by atoms with van der Waals surface area (Å²) in [5, 5.41) is 13.7. The highest BCUT2D eigenvalue weighted by atomic mass is 32.2. The number of hydrogen-bond donors (Lipinski definition) is 2. The highest BCUT2D eigenvalue weighted by Gasteiger charge is 2.78. The summed E-state index contributed by atoms with van der Waals surface area (Å²) in [6.45, 7) is 9.63. The lowest BCUT2D eigenvalue weighted by Crippen LogP contribution is -2.52. The van der Waals surface area contributed by atoms with Crippen LogP contribution in [0.5, 0.6) is 0 Å². The van der Waals surface area contributed by atoms with E-state index in [1.54, 1.807) is 23.6 Å². The number of fused-ring (bicyclic) bond motifs is 1. The first-order valence-electron chi connectivity index (χ1n) is 14.2. The van der Waals surface area contributed by atoms with Crippen molar-refractivity contribution in [1.29, 1.82) is 0 Å². The Morgan fingerprint density at radius 1 is 1.10 bits per heavy atom. The molecule has 2 aromatic rings. The maximum atomic E-state index is 14.4. The molecule has 0 saturated carbocycles. The van der Waals surface area contributed by atoms with Crippen molar-refractivity contribution in [2.45, 2.75) is 62.1 Å². The normalized spacial score (nSPS) is 29.3. The molecule has 214 valence electrons. The van der Waals surface area contributed by atoms with Crippen molar-refractivity contribution in [3.63, 3.8) is 0 Å². The molecule has 40 heavy (non-hydrogen) atoms. The number of likely N-dealkylation sites (tertiary alicyclic amines) is 1. The zero-order valence-electron chi connectivity index (χ0n) is 23.6. The minimum atomic E-state index is -0.865. The topological polar surface area (TPSA) is 99.2 Å². The molecule has 1 spiro atoms. The molecule has 6 atom stereocenters. The van der Waals surface area contributed by atoms with Crippen LogP contribution in [0.2, 0.25) is 0 Å². The Hall–Kier alpha value is -3.04. The Morgan fingerprint density at radius 2 is 1.77 bits per heavy atom. The van der Waals surface area contributed by atoms with Crippen LogP contribution in [-0.4, -0.2) is 69.6 Å². The summed E-state index contributed by atoms with van der Waals surface area (Å²) < 4.78 is 4.18. The van der Waals surface area contributed by atoms with Crippen LogP contribution in [0.15, 0.2) is 54.6 Å². The molecule has 3 heterocycles. The number of aliphatic hydroxyl groups excluding tert-OH is 1. The van der Waals surface area contributed by atoms with Crippen LogP contribution in [0.25, 0.3) is 0 Å². The Bertz CT molecular complexity index is 1250. The first-order valence-corrected chi connectivity index (χ1v) is 15.1. The van der Waals surface area contributed by atoms with Crippen molar-refractivity contribution in [2.24, 2.45) is 11.8 Å². The van der Waals surface area contributed by atoms with Crippen LogP contribution in [-0.2, 0) is 19.1 Å². The fourth-order valence-electron chi connectivity index (χ4n) is 7.17. The van der Waals surface area contributed by atoms with Crippen molar-refractivity contribution in [1.82, 2.24) is 4.90 Å². The fourth-order valence-corrected chi connectivity index (χ4v) is 9.50. The third kappa shape index (κ3) is 4.47. The van der Waals surface area contributed by atoms with Crippen LogP contribution in [0.3, 0.4) is 0 Å². The average molecular weight is 566 g/mol. The van der Waals surface area contributed by atoms with E-state index in [0.29, 0.717) is 18.5 Å². The smallest absolute Gasteiger partial charge is 0.311 e. The monoisotopic (exact) mass is 565 g/mol.